The van der Waals surface area contributed by atoms with Crippen LogP contribution in [-0.4, -0.2) is 22.1 Å². The van der Waals surface area contributed by atoms with Gasteiger partial charge in [0.1, 0.15) is 11.5 Å². The van der Waals surface area contributed by atoms with E-state index in [2.05, 4.69) is 20.3 Å². The second kappa shape index (κ2) is 5.31. The van der Waals surface area contributed by atoms with Crippen molar-refractivity contribution in [1.82, 2.24) is 15.0 Å². The third-order valence-corrected chi connectivity index (χ3v) is 2.46. The van der Waals surface area contributed by atoms with Gasteiger partial charge in [0.2, 0.25) is 11.2 Å². The topological polar surface area (TPSA) is 59.9 Å². The highest BCUT2D eigenvalue weighted by Gasteiger charge is 2.14. The van der Waals surface area contributed by atoms with Gasteiger partial charge in [0.25, 0.3) is 0 Å². The number of aromatic nitrogens is 3. The number of ether oxygens (including phenoxy) is 1. The van der Waals surface area contributed by atoms with Crippen LogP contribution in [0, 0.1) is 18.6 Å². The monoisotopic (exact) mass is 286 g/mol. The molecule has 0 radical (unpaired) electrons. The molecule has 0 aliphatic carbocycles. The first-order chi connectivity index (χ1) is 9.01. The average Bonchev–Trinajstić information content (AvgIpc) is 2.38. The summed E-state index contributed by atoms with van der Waals surface area (Å²) in [5.74, 6) is -1.60. The second-order valence-electron chi connectivity index (χ2n) is 3.59. The van der Waals surface area contributed by atoms with Crippen LogP contribution in [0.15, 0.2) is 12.1 Å². The Morgan fingerprint density at radius 1 is 1.21 bits per heavy atom. The number of nitrogens with zero attached hydrogens (tertiary/aromatic N) is 3. The van der Waals surface area contributed by atoms with Gasteiger partial charge in [0.05, 0.1) is 7.11 Å². The Labute approximate surface area is 112 Å². The van der Waals surface area contributed by atoms with Crippen LogP contribution in [-0.2, 0) is 0 Å². The minimum Gasteiger partial charge on any atom is -0.467 e. The van der Waals surface area contributed by atoms with E-state index in [1.54, 1.807) is 0 Å². The van der Waals surface area contributed by atoms with Crippen molar-refractivity contribution in [2.75, 3.05) is 12.4 Å². The first-order valence-electron chi connectivity index (χ1n) is 5.18. The molecule has 0 aliphatic rings. The fourth-order valence-electron chi connectivity index (χ4n) is 1.36. The van der Waals surface area contributed by atoms with Crippen molar-refractivity contribution in [3.63, 3.8) is 0 Å². The minimum absolute atomic E-state index is 0.0593. The summed E-state index contributed by atoms with van der Waals surface area (Å²) in [6, 6.07) is 2.41. The number of hydrogen-bond acceptors (Lipinski definition) is 5. The highest BCUT2D eigenvalue weighted by Crippen LogP contribution is 2.24. The van der Waals surface area contributed by atoms with Gasteiger partial charge in [0, 0.05) is 0 Å². The lowest BCUT2D eigenvalue weighted by molar-refractivity contribution is 0.379. The molecule has 0 unspecified atom stereocenters. The summed E-state index contributed by atoms with van der Waals surface area (Å²) in [7, 11) is 1.34. The predicted molar refractivity (Wildman–Crippen MR) is 65.8 cm³/mol. The van der Waals surface area contributed by atoms with Crippen LogP contribution in [0.4, 0.5) is 20.4 Å². The lowest BCUT2D eigenvalue weighted by atomic mass is 10.2. The van der Waals surface area contributed by atoms with Crippen LogP contribution >= 0.6 is 11.6 Å². The standard InChI is InChI=1S/C11H9ClF2N4O/c1-5-3-4-6(13)8(7(5)14)15-10-16-9(12)17-11(18-10)19-2/h3-4H,1-2H3,(H,15,16,17,18). The number of anilines is 2. The molecule has 0 amide bonds. The van der Waals surface area contributed by atoms with Gasteiger partial charge in [-0.15, -0.1) is 0 Å². The molecule has 0 fully saturated rings. The van der Waals surface area contributed by atoms with Crippen molar-refractivity contribution < 1.29 is 13.5 Å². The summed E-state index contributed by atoms with van der Waals surface area (Å²) >= 11 is 5.64. The van der Waals surface area contributed by atoms with Crippen molar-refractivity contribution in [2.45, 2.75) is 6.92 Å². The van der Waals surface area contributed by atoms with E-state index in [1.165, 1.54) is 20.1 Å². The number of halogens is 3. The molecule has 0 aliphatic heterocycles. The van der Waals surface area contributed by atoms with E-state index in [1.807, 2.05) is 0 Å². The van der Waals surface area contributed by atoms with E-state index in [-0.39, 0.29) is 28.5 Å². The normalized spacial score (nSPS) is 10.4. The molecule has 8 heteroatoms. The van der Waals surface area contributed by atoms with Crippen molar-refractivity contribution >= 4 is 23.2 Å². The molecule has 1 aromatic carbocycles. The number of rotatable bonds is 3. The molecule has 100 valence electrons. The molecule has 1 aromatic heterocycles. The van der Waals surface area contributed by atoms with E-state index < -0.39 is 11.6 Å². The Hall–Kier alpha value is -2.02. The van der Waals surface area contributed by atoms with Gasteiger partial charge in [-0.1, -0.05) is 6.07 Å². The summed E-state index contributed by atoms with van der Waals surface area (Å²) in [5, 5.41) is 2.27. The molecular weight excluding hydrogens is 278 g/mol. The van der Waals surface area contributed by atoms with Crippen LogP contribution in [0.5, 0.6) is 6.01 Å². The van der Waals surface area contributed by atoms with Gasteiger partial charge in [0.15, 0.2) is 5.82 Å². The smallest absolute Gasteiger partial charge is 0.322 e. The second-order valence-corrected chi connectivity index (χ2v) is 3.93. The van der Waals surface area contributed by atoms with E-state index in [4.69, 9.17) is 16.3 Å². The van der Waals surface area contributed by atoms with Gasteiger partial charge in [-0.2, -0.15) is 15.0 Å². The summed E-state index contributed by atoms with van der Waals surface area (Å²) in [6.07, 6.45) is 0. The fraction of sp³-hybridized carbons (Fsp3) is 0.182. The van der Waals surface area contributed by atoms with Gasteiger partial charge in [-0.3, -0.25) is 0 Å². The third-order valence-electron chi connectivity index (χ3n) is 2.29. The maximum atomic E-state index is 13.8. The fourth-order valence-corrected chi connectivity index (χ4v) is 1.51. The zero-order chi connectivity index (χ0) is 14.0. The number of aryl methyl sites for hydroxylation is 1. The molecule has 0 bridgehead atoms. The number of nitrogens with one attached hydrogen (secondary N) is 1. The molecule has 19 heavy (non-hydrogen) atoms. The van der Waals surface area contributed by atoms with Crippen LogP contribution < -0.4 is 10.1 Å². The summed E-state index contributed by atoms with van der Waals surface area (Å²) in [6.45, 7) is 1.51. The molecule has 0 atom stereocenters. The van der Waals surface area contributed by atoms with Crippen molar-refractivity contribution in [2.24, 2.45) is 0 Å². The zero-order valence-corrected chi connectivity index (χ0v) is 10.8. The Balaban J connectivity index is 2.41. The van der Waals surface area contributed by atoms with Crippen LogP contribution in [0.3, 0.4) is 0 Å². The molecule has 1 heterocycles. The van der Waals surface area contributed by atoms with Crippen molar-refractivity contribution in [1.29, 1.82) is 0 Å². The number of benzene rings is 1. The van der Waals surface area contributed by atoms with E-state index >= 15 is 0 Å². The quantitative estimate of drug-likeness (QED) is 0.940. The first-order valence-corrected chi connectivity index (χ1v) is 5.56. The van der Waals surface area contributed by atoms with E-state index in [0.29, 0.717) is 0 Å². The highest BCUT2D eigenvalue weighted by atomic mass is 35.5. The Morgan fingerprint density at radius 2 is 1.95 bits per heavy atom. The molecule has 0 saturated carbocycles. The third kappa shape index (κ3) is 2.87. The van der Waals surface area contributed by atoms with Crippen molar-refractivity contribution in [3.8, 4) is 6.01 Å². The molecule has 2 aromatic rings. The highest BCUT2D eigenvalue weighted by molar-refractivity contribution is 6.28. The summed E-state index contributed by atoms with van der Waals surface area (Å²) < 4.78 is 32.1. The van der Waals surface area contributed by atoms with Gasteiger partial charge in [-0.05, 0) is 30.2 Å². The molecular formula is C11H9ClF2N4O. The van der Waals surface area contributed by atoms with Gasteiger partial charge < -0.3 is 10.1 Å². The molecule has 0 spiro atoms. The maximum absolute atomic E-state index is 13.8. The summed E-state index contributed by atoms with van der Waals surface area (Å²) in [4.78, 5) is 11.1. The minimum atomic E-state index is -0.765. The largest absolute Gasteiger partial charge is 0.467 e. The number of methoxy groups -OCH3 is 1. The molecule has 1 N–H and O–H groups in total. The Kier molecular flexibility index (Phi) is 3.75. The maximum Gasteiger partial charge on any atom is 0.322 e. The molecule has 5 nitrogen and oxygen atoms in total. The lowest BCUT2D eigenvalue weighted by Gasteiger charge is -2.09. The molecule has 0 saturated heterocycles. The average molecular weight is 287 g/mol. The van der Waals surface area contributed by atoms with E-state index in [9.17, 15) is 8.78 Å². The van der Waals surface area contributed by atoms with Crippen LogP contribution in [0.1, 0.15) is 5.56 Å². The zero-order valence-electron chi connectivity index (χ0n) is 10.0. The first kappa shape index (κ1) is 13.4. The predicted octanol–water partition coefficient (Wildman–Crippen LogP) is 2.86. The van der Waals surface area contributed by atoms with Crippen molar-refractivity contribution in [3.05, 3.63) is 34.6 Å². The van der Waals surface area contributed by atoms with E-state index in [0.717, 1.165) is 6.07 Å². The Bertz CT molecular complexity index is 624. The Morgan fingerprint density at radius 3 is 2.63 bits per heavy atom. The SMILES string of the molecule is COc1nc(Cl)nc(Nc2c(F)ccc(C)c2F)n1. The number of hydrogen-bond donors (Lipinski definition) is 1. The lowest BCUT2D eigenvalue weighted by Crippen LogP contribution is -2.05. The summed E-state index contributed by atoms with van der Waals surface area (Å²) in [5.41, 5.74) is -0.0691. The van der Waals surface area contributed by atoms with Crippen LogP contribution in [0.25, 0.3) is 0 Å². The van der Waals surface area contributed by atoms with Crippen LogP contribution in [0.2, 0.25) is 5.28 Å². The molecule has 2 rings (SSSR count). The van der Waals surface area contributed by atoms with Gasteiger partial charge >= 0.3 is 6.01 Å². The van der Waals surface area contributed by atoms with Gasteiger partial charge in [-0.25, -0.2) is 8.78 Å².